The van der Waals surface area contributed by atoms with Crippen LogP contribution in [-0.2, 0) is 15.1 Å². The fourth-order valence-electron chi connectivity index (χ4n) is 4.37. The second kappa shape index (κ2) is 6.76. The summed E-state index contributed by atoms with van der Waals surface area (Å²) >= 11 is 0. The SMILES string of the molecule is CCCN1c2cccnc2-n2cccc2C12CCN(C(=O)COCC)C2. The average Bonchev–Trinajstić information content (AvgIpc) is 3.32. The number of carbonyl (C=O) groups is 1. The zero-order valence-corrected chi connectivity index (χ0v) is 15.5. The normalized spacial score (nSPS) is 21.2. The van der Waals surface area contributed by atoms with Crippen LogP contribution in [0.25, 0.3) is 5.82 Å². The van der Waals surface area contributed by atoms with E-state index < -0.39 is 0 Å². The Balaban J connectivity index is 1.75. The van der Waals surface area contributed by atoms with E-state index in [1.54, 1.807) is 0 Å². The highest BCUT2D eigenvalue weighted by Crippen LogP contribution is 2.46. The van der Waals surface area contributed by atoms with Gasteiger partial charge < -0.3 is 19.1 Å². The number of anilines is 1. The van der Waals surface area contributed by atoms with Gasteiger partial charge in [0.15, 0.2) is 5.82 Å². The number of ether oxygens (including phenoxy) is 1. The number of amides is 1. The molecule has 4 heterocycles. The molecular formula is C20H26N4O2. The van der Waals surface area contributed by atoms with E-state index >= 15 is 0 Å². The van der Waals surface area contributed by atoms with Crippen LogP contribution in [0.1, 0.15) is 32.4 Å². The lowest BCUT2D eigenvalue weighted by atomic mass is 9.88. The molecule has 1 spiro atoms. The van der Waals surface area contributed by atoms with Gasteiger partial charge in [-0.2, -0.15) is 0 Å². The second-order valence-corrected chi connectivity index (χ2v) is 7.00. The highest BCUT2D eigenvalue weighted by atomic mass is 16.5. The average molecular weight is 354 g/mol. The van der Waals surface area contributed by atoms with Crippen LogP contribution in [0, 0.1) is 0 Å². The summed E-state index contributed by atoms with van der Waals surface area (Å²) in [5.74, 6) is 1.06. The Bertz CT molecular complexity index is 803. The van der Waals surface area contributed by atoms with Crippen molar-refractivity contribution in [2.24, 2.45) is 0 Å². The second-order valence-electron chi connectivity index (χ2n) is 7.00. The quantitative estimate of drug-likeness (QED) is 0.828. The van der Waals surface area contributed by atoms with Gasteiger partial charge in [0.25, 0.3) is 0 Å². The first-order valence-corrected chi connectivity index (χ1v) is 9.47. The van der Waals surface area contributed by atoms with Crippen LogP contribution >= 0.6 is 0 Å². The van der Waals surface area contributed by atoms with Crippen LogP contribution in [0.2, 0.25) is 0 Å². The molecule has 6 nitrogen and oxygen atoms in total. The molecule has 26 heavy (non-hydrogen) atoms. The summed E-state index contributed by atoms with van der Waals surface area (Å²) in [4.78, 5) is 21.6. The van der Waals surface area contributed by atoms with Gasteiger partial charge in [0, 0.05) is 38.6 Å². The summed E-state index contributed by atoms with van der Waals surface area (Å²) in [5, 5.41) is 0. The minimum atomic E-state index is -0.197. The number of fused-ring (bicyclic) bond motifs is 4. The molecule has 1 unspecified atom stereocenters. The molecule has 2 aromatic heterocycles. The Kier molecular flexibility index (Phi) is 4.44. The van der Waals surface area contributed by atoms with Gasteiger partial charge in [-0.3, -0.25) is 4.79 Å². The van der Waals surface area contributed by atoms with E-state index in [0.29, 0.717) is 13.2 Å². The number of hydrogen-bond donors (Lipinski definition) is 0. The van der Waals surface area contributed by atoms with Gasteiger partial charge in [0.05, 0.1) is 11.4 Å². The van der Waals surface area contributed by atoms with Crippen molar-refractivity contribution in [2.45, 2.75) is 32.2 Å². The zero-order chi connectivity index (χ0) is 18.1. The number of aromatic nitrogens is 2. The minimum absolute atomic E-state index is 0.0789. The van der Waals surface area contributed by atoms with Crippen LogP contribution in [-0.4, -0.2) is 53.2 Å². The van der Waals surface area contributed by atoms with E-state index in [4.69, 9.17) is 4.74 Å². The molecule has 1 amide bonds. The molecule has 0 bridgehead atoms. The van der Waals surface area contributed by atoms with Gasteiger partial charge >= 0.3 is 0 Å². The molecule has 0 aliphatic carbocycles. The topological polar surface area (TPSA) is 50.6 Å². The largest absolute Gasteiger partial charge is 0.372 e. The van der Waals surface area contributed by atoms with Crippen molar-refractivity contribution in [3.05, 3.63) is 42.4 Å². The fraction of sp³-hybridized carbons (Fsp3) is 0.500. The third kappa shape index (κ3) is 2.51. The predicted octanol–water partition coefficient (Wildman–Crippen LogP) is 2.57. The molecule has 0 saturated carbocycles. The van der Waals surface area contributed by atoms with Crippen molar-refractivity contribution in [3.8, 4) is 5.82 Å². The van der Waals surface area contributed by atoms with E-state index in [1.165, 1.54) is 5.69 Å². The molecule has 2 aromatic rings. The van der Waals surface area contributed by atoms with E-state index in [1.807, 2.05) is 24.1 Å². The molecule has 1 fully saturated rings. The van der Waals surface area contributed by atoms with Gasteiger partial charge in [-0.1, -0.05) is 6.92 Å². The van der Waals surface area contributed by atoms with Gasteiger partial charge in [0.2, 0.25) is 5.91 Å². The van der Waals surface area contributed by atoms with Crippen molar-refractivity contribution in [2.75, 3.05) is 37.7 Å². The van der Waals surface area contributed by atoms with Crippen molar-refractivity contribution in [3.63, 3.8) is 0 Å². The summed E-state index contributed by atoms with van der Waals surface area (Å²) in [7, 11) is 0. The number of nitrogens with zero attached hydrogens (tertiary/aromatic N) is 4. The highest BCUT2D eigenvalue weighted by Gasteiger charge is 2.50. The highest BCUT2D eigenvalue weighted by molar-refractivity contribution is 5.78. The molecule has 2 aliphatic heterocycles. The maximum atomic E-state index is 12.6. The Morgan fingerprint density at radius 2 is 2.19 bits per heavy atom. The van der Waals surface area contributed by atoms with E-state index in [-0.39, 0.29) is 18.1 Å². The third-order valence-corrected chi connectivity index (χ3v) is 5.50. The van der Waals surface area contributed by atoms with E-state index in [2.05, 4.69) is 45.8 Å². The third-order valence-electron chi connectivity index (χ3n) is 5.50. The van der Waals surface area contributed by atoms with Crippen LogP contribution < -0.4 is 4.90 Å². The molecule has 2 aliphatic rings. The van der Waals surface area contributed by atoms with E-state index in [0.717, 1.165) is 37.4 Å². The maximum Gasteiger partial charge on any atom is 0.248 e. The van der Waals surface area contributed by atoms with Crippen molar-refractivity contribution in [1.82, 2.24) is 14.5 Å². The Morgan fingerprint density at radius 3 is 3.00 bits per heavy atom. The summed E-state index contributed by atoms with van der Waals surface area (Å²) in [6.07, 6.45) is 5.89. The smallest absolute Gasteiger partial charge is 0.248 e. The predicted molar refractivity (Wildman–Crippen MR) is 101 cm³/mol. The van der Waals surface area contributed by atoms with Crippen molar-refractivity contribution in [1.29, 1.82) is 0 Å². The van der Waals surface area contributed by atoms with Gasteiger partial charge in [-0.15, -0.1) is 0 Å². The number of carbonyl (C=O) groups excluding carboxylic acids is 1. The summed E-state index contributed by atoms with van der Waals surface area (Å²) in [5.41, 5.74) is 2.18. The first-order valence-electron chi connectivity index (χ1n) is 9.47. The molecule has 138 valence electrons. The van der Waals surface area contributed by atoms with Crippen LogP contribution in [0.4, 0.5) is 5.69 Å². The molecule has 0 radical (unpaired) electrons. The number of pyridine rings is 1. The van der Waals surface area contributed by atoms with Gasteiger partial charge in [0.1, 0.15) is 12.1 Å². The lowest BCUT2D eigenvalue weighted by molar-refractivity contribution is -0.135. The molecule has 4 rings (SSSR count). The summed E-state index contributed by atoms with van der Waals surface area (Å²) < 4.78 is 7.54. The molecule has 1 saturated heterocycles. The van der Waals surface area contributed by atoms with Crippen LogP contribution in [0.3, 0.4) is 0 Å². The van der Waals surface area contributed by atoms with Crippen molar-refractivity contribution < 1.29 is 9.53 Å². The molecule has 0 N–H and O–H groups in total. The first kappa shape index (κ1) is 17.1. The zero-order valence-electron chi connectivity index (χ0n) is 15.5. The first-order chi connectivity index (χ1) is 12.7. The Morgan fingerprint density at radius 1 is 1.31 bits per heavy atom. The number of likely N-dealkylation sites (tertiary alicyclic amines) is 1. The summed E-state index contributed by atoms with van der Waals surface area (Å²) in [6.45, 7) is 7.24. The van der Waals surface area contributed by atoms with Gasteiger partial charge in [-0.25, -0.2) is 4.98 Å². The molecular weight excluding hydrogens is 328 g/mol. The van der Waals surface area contributed by atoms with Crippen LogP contribution in [0.15, 0.2) is 36.7 Å². The Labute approximate surface area is 154 Å². The summed E-state index contributed by atoms with van der Waals surface area (Å²) in [6, 6.07) is 8.40. The van der Waals surface area contributed by atoms with Crippen LogP contribution in [0.5, 0.6) is 0 Å². The number of rotatable bonds is 5. The monoisotopic (exact) mass is 354 g/mol. The standard InChI is InChI=1S/C20H26N4O2/c1-3-11-24-16-7-5-10-21-19(16)23-12-6-8-17(23)20(24)9-13-22(15-20)18(25)14-26-4-2/h5-8,10,12H,3-4,9,11,13-15H2,1-2H3. The molecule has 6 heteroatoms. The van der Waals surface area contributed by atoms with Crippen molar-refractivity contribution >= 4 is 11.6 Å². The minimum Gasteiger partial charge on any atom is -0.372 e. The van der Waals surface area contributed by atoms with Gasteiger partial charge in [-0.05, 0) is 44.0 Å². The lowest BCUT2D eigenvalue weighted by Gasteiger charge is -2.47. The molecule has 0 aromatic carbocycles. The maximum absolute atomic E-state index is 12.6. The fourth-order valence-corrected chi connectivity index (χ4v) is 4.37. The molecule has 1 atom stereocenters. The van der Waals surface area contributed by atoms with E-state index in [9.17, 15) is 4.79 Å². The number of hydrogen-bond acceptors (Lipinski definition) is 4. The Hall–Kier alpha value is -2.34. The lowest BCUT2D eigenvalue weighted by Crippen LogP contribution is -2.53.